The van der Waals surface area contributed by atoms with Crippen LogP contribution in [0.3, 0.4) is 0 Å². The summed E-state index contributed by atoms with van der Waals surface area (Å²) in [5.41, 5.74) is 2.60. The van der Waals surface area contributed by atoms with E-state index in [1.807, 2.05) is 12.1 Å². The summed E-state index contributed by atoms with van der Waals surface area (Å²) in [4.78, 5) is 28.7. The number of carboxylic acid groups (broad SMARTS) is 1. The van der Waals surface area contributed by atoms with E-state index in [2.05, 4.69) is 4.98 Å². The van der Waals surface area contributed by atoms with Crippen LogP contribution < -0.4 is 4.74 Å². The number of carboxylic acids is 1. The number of nitrogens with zero attached hydrogens (tertiary/aromatic N) is 1. The van der Waals surface area contributed by atoms with E-state index < -0.39 is 39.8 Å². The van der Waals surface area contributed by atoms with Crippen LogP contribution in [0.25, 0.3) is 10.9 Å². The second-order valence-corrected chi connectivity index (χ2v) is 10.9. The molecule has 188 valence electrons. The molecule has 0 fully saturated rings. The number of H-pyrrole nitrogens is 1. The number of benzene rings is 2. The number of hydrogen-bond acceptors (Lipinski definition) is 5. The van der Waals surface area contributed by atoms with Gasteiger partial charge in [0.1, 0.15) is 17.8 Å². The van der Waals surface area contributed by atoms with Crippen LogP contribution in [0.4, 0.5) is 0 Å². The maximum atomic E-state index is 14.4. The number of methoxy groups -OCH3 is 1. The summed E-state index contributed by atoms with van der Waals surface area (Å²) in [7, 11) is -2.97. The minimum absolute atomic E-state index is 0.0196. The Morgan fingerprint density at radius 2 is 1.71 bits per heavy atom. The van der Waals surface area contributed by atoms with Crippen LogP contribution in [0.15, 0.2) is 41.4 Å². The second-order valence-electron chi connectivity index (χ2n) is 9.14. The number of carbonyl (C=O) groups is 2. The molecular weight excluding hydrogens is 468 g/mol. The van der Waals surface area contributed by atoms with Gasteiger partial charge in [-0.1, -0.05) is 32.0 Å². The van der Waals surface area contributed by atoms with Gasteiger partial charge in [-0.15, -0.1) is 0 Å². The number of ether oxygens (including phenoxy) is 1. The van der Waals surface area contributed by atoms with Crippen LogP contribution in [0.1, 0.15) is 49.1 Å². The highest BCUT2D eigenvalue weighted by atomic mass is 32.2. The van der Waals surface area contributed by atoms with Crippen molar-refractivity contribution in [2.24, 2.45) is 5.92 Å². The van der Waals surface area contributed by atoms with Gasteiger partial charge in [-0.2, -0.15) is 4.31 Å². The quantitative estimate of drug-likeness (QED) is 0.446. The van der Waals surface area contributed by atoms with Crippen LogP contribution in [-0.2, 0) is 19.6 Å². The molecule has 0 bridgehead atoms. The first kappa shape index (κ1) is 26.4. The standard InChI is InChI=1S/C26H32N2O6S/c1-14(2)23(26(30)31)28(24(18(6)29)20-13-27-21-11-9-8-10-19(20)21)35(32,33)25-15(3)12-22(34-7)16(4)17(25)5/h8-14,23-24,27H,1-7H3,(H,30,31)/t23-,24?/m1/s1. The Hall–Kier alpha value is -3.17. The Balaban J connectivity index is 2.41. The zero-order valence-corrected chi connectivity index (χ0v) is 21.9. The SMILES string of the molecule is COc1cc(C)c(S(=O)(=O)N(C(C(C)=O)c2c[nH]c3ccccc23)[C@@H](C(=O)O)C(C)C)c(C)c1C. The normalized spacial score (nSPS) is 13.9. The molecule has 3 rings (SSSR count). The van der Waals surface area contributed by atoms with E-state index in [0.29, 0.717) is 33.4 Å². The van der Waals surface area contributed by atoms with Crippen LogP contribution in [-0.4, -0.2) is 47.7 Å². The highest BCUT2D eigenvalue weighted by Crippen LogP contribution is 2.40. The lowest BCUT2D eigenvalue weighted by Gasteiger charge is -2.36. The Morgan fingerprint density at radius 3 is 2.26 bits per heavy atom. The maximum Gasteiger partial charge on any atom is 0.322 e. The van der Waals surface area contributed by atoms with Crippen molar-refractivity contribution in [1.29, 1.82) is 0 Å². The number of Topliss-reactive ketones (excluding diaryl/α,β-unsaturated/α-hetero) is 1. The number of nitrogens with one attached hydrogen (secondary N) is 1. The fourth-order valence-corrected chi connectivity index (χ4v) is 7.12. The summed E-state index contributed by atoms with van der Waals surface area (Å²) in [6, 6.07) is 5.99. The molecule has 1 aromatic heterocycles. The van der Waals surface area contributed by atoms with E-state index >= 15 is 0 Å². The minimum Gasteiger partial charge on any atom is -0.496 e. The van der Waals surface area contributed by atoms with E-state index in [1.54, 1.807) is 59.0 Å². The number of aromatic amines is 1. The van der Waals surface area contributed by atoms with Gasteiger partial charge in [0.15, 0.2) is 5.78 Å². The number of ketones is 1. The number of aliphatic carboxylic acids is 1. The lowest BCUT2D eigenvalue weighted by Crippen LogP contribution is -2.51. The number of rotatable bonds is 9. The molecule has 0 spiro atoms. The average Bonchev–Trinajstić information content (AvgIpc) is 3.18. The molecule has 0 aliphatic rings. The molecule has 0 amide bonds. The molecule has 0 radical (unpaired) electrons. The fraction of sp³-hybridized carbons (Fsp3) is 0.385. The monoisotopic (exact) mass is 500 g/mol. The zero-order chi connectivity index (χ0) is 26.2. The van der Waals surface area contributed by atoms with Gasteiger partial charge in [0.2, 0.25) is 10.0 Å². The molecule has 8 nitrogen and oxygen atoms in total. The van der Waals surface area contributed by atoms with Gasteiger partial charge in [-0.05, 0) is 62.4 Å². The lowest BCUT2D eigenvalue weighted by atomic mass is 9.98. The van der Waals surface area contributed by atoms with Crippen LogP contribution in [0.2, 0.25) is 0 Å². The minimum atomic E-state index is -4.48. The Bertz CT molecular complexity index is 1390. The number of aromatic nitrogens is 1. The first-order valence-corrected chi connectivity index (χ1v) is 12.8. The molecule has 2 N–H and O–H groups in total. The fourth-order valence-electron chi connectivity index (χ4n) is 4.73. The molecule has 1 heterocycles. The molecular formula is C26H32N2O6S. The molecule has 1 unspecified atom stereocenters. The third-order valence-electron chi connectivity index (χ3n) is 6.45. The smallest absolute Gasteiger partial charge is 0.322 e. The van der Waals surface area contributed by atoms with Gasteiger partial charge in [0.25, 0.3) is 0 Å². The summed E-state index contributed by atoms with van der Waals surface area (Å²) in [5.74, 6) is -1.89. The van der Waals surface area contributed by atoms with Crippen LogP contribution >= 0.6 is 0 Å². The third kappa shape index (κ3) is 4.58. The molecule has 0 aliphatic heterocycles. The van der Waals surface area contributed by atoms with Gasteiger partial charge in [-0.3, -0.25) is 9.59 Å². The molecule has 0 saturated carbocycles. The van der Waals surface area contributed by atoms with Gasteiger partial charge < -0.3 is 14.8 Å². The van der Waals surface area contributed by atoms with Gasteiger partial charge in [0.05, 0.1) is 12.0 Å². The first-order chi connectivity index (χ1) is 16.3. The van der Waals surface area contributed by atoms with E-state index in [9.17, 15) is 23.1 Å². The summed E-state index contributed by atoms with van der Waals surface area (Å²) in [5, 5.41) is 10.8. The predicted octanol–water partition coefficient (Wildman–Crippen LogP) is 4.53. The Labute approximate surface area is 206 Å². The van der Waals surface area contributed by atoms with Gasteiger partial charge in [0, 0.05) is 22.7 Å². The molecule has 3 aromatic rings. The first-order valence-electron chi connectivity index (χ1n) is 11.3. The van der Waals surface area contributed by atoms with Crippen molar-refractivity contribution in [3.8, 4) is 5.75 Å². The van der Waals surface area contributed by atoms with E-state index in [4.69, 9.17) is 4.74 Å². The average molecular weight is 501 g/mol. The number of carbonyl (C=O) groups excluding carboxylic acids is 1. The van der Waals surface area contributed by atoms with Gasteiger partial charge in [-0.25, -0.2) is 8.42 Å². The van der Waals surface area contributed by atoms with Crippen LogP contribution in [0, 0.1) is 26.7 Å². The molecule has 0 saturated heterocycles. The number of sulfonamides is 1. The van der Waals surface area contributed by atoms with E-state index in [1.165, 1.54) is 14.0 Å². The largest absolute Gasteiger partial charge is 0.496 e. The maximum absolute atomic E-state index is 14.4. The summed E-state index contributed by atoms with van der Waals surface area (Å²) in [6.07, 6.45) is 1.58. The number of para-hydroxylation sites is 1. The summed E-state index contributed by atoms with van der Waals surface area (Å²) in [6.45, 7) is 9.60. The van der Waals surface area contributed by atoms with Crippen molar-refractivity contribution in [2.75, 3.05) is 7.11 Å². The molecule has 2 atom stereocenters. The van der Waals surface area contributed by atoms with Gasteiger partial charge >= 0.3 is 5.97 Å². The lowest BCUT2D eigenvalue weighted by molar-refractivity contribution is -0.144. The Morgan fingerprint density at radius 1 is 1.09 bits per heavy atom. The molecule has 35 heavy (non-hydrogen) atoms. The molecule has 0 aliphatic carbocycles. The number of fused-ring (bicyclic) bond motifs is 1. The molecule has 9 heteroatoms. The summed E-state index contributed by atoms with van der Waals surface area (Å²) < 4.78 is 35.1. The highest BCUT2D eigenvalue weighted by molar-refractivity contribution is 7.89. The predicted molar refractivity (Wildman–Crippen MR) is 134 cm³/mol. The molecule has 2 aromatic carbocycles. The van der Waals surface area contributed by atoms with E-state index in [0.717, 1.165) is 9.82 Å². The zero-order valence-electron chi connectivity index (χ0n) is 21.0. The summed E-state index contributed by atoms with van der Waals surface area (Å²) >= 11 is 0. The van der Waals surface area contributed by atoms with Crippen LogP contribution in [0.5, 0.6) is 5.75 Å². The number of hydrogen-bond donors (Lipinski definition) is 2. The Kier molecular flexibility index (Phi) is 7.42. The van der Waals surface area contributed by atoms with Crippen molar-refractivity contribution in [1.82, 2.24) is 9.29 Å². The highest BCUT2D eigenvalue weighted by Gasteiger charge is 2.46. The van der Waals surface area contributed by atoms with Crippen molar-refractivity contribution < 1.29 is 27.9 Å². The van der Waals surface area contributed by atoms with Crippen molar-refractivity contribution >= 4 is 32.7 Å². The topological polar surface area (TPSA) is 117 Å². The van der Waals surface area contributed by atoms with Crippen molar-refractivity contribution in [3.05, 3.63) is 58.8 Å². The second kappa shape index (κ2) is 9.83. The van der Waals surface area contributed by atoms with Crippen molar-refractivity contribution in [2.45, 2.75) is 58.5 Å². The van der Waals surface area contributed by atoms with E-state index in [-0.39, 0.29) is 4.90 Å². The third-order valence-corrected chi connectivity index (χ3v) is 8.58. The number of aryl methyl sites for hydroxylation is 1. The van der Waals surface area contributed by atoms with Crippen molar-refractivity contribution in [3.63, 3.8) is 0 Å².